The molecule has 0 saturated carbocycles. The van der Waals surface area contributed by atoms with Crippen molar-refractivity contribution in [3.05, 3.63) is 24.8 Å². The van der Waals surface area contributed by atoms with E-state index in [2.05, 4.69) is 11.3 Å². The molecule has 0 heterocycles. The zero-order chi connectivity index (χ0) is 10.6. The average Bonchev–Trinajstić information content (AvgIpc) is 2.18. The van der Waals surface area contributed by atoms with Crippen LogP contribution in [0.3, 0.4) is 0 Å². The summed E-state index contributed by atoms with van der Waals surface area (Å²) in [7, 11) is 0. The van der Waals surface area contributed by atoms with Crippen molar-refractivity contribution >= 4 is 11.9 Å². The standard InChI is InChI=1S/C11H14O3/c1-3-9(12)14-10(13)11(2)7-5-4-6-8-11/h3,5,7H,1,4,6,8H2,2H3. The third-order valence-electron chi connectivity index (χ3n) is 2.38. The molecule has 0 fully saturated rings. The first-order chi connectivity index (χ1) is 6.58. The number of carbonyl (C=O) groups excluding carboxylic acids is 2. The van der Waals surface area contributed by atoms with E-state index < -0.39 is 17.4 Å². The molecule has 1 atom stereocenters. The summed E-state index contributed by atoms with van der Waals surface area (Å²) in [6.45, 7) is 5.02. The van der Waals surface area contributed by atoms with E-state index in [4.69, 9.17) is 0 Å². The Morgan fingerprint density at radius 3 is 2.79 bits per heavy atom. The van der Waals surface area contributed by atoms with E-state index in [1.165, 1.54) is 0 Å². The van der Waals surface area contributed by atoms with Gasteiger partial charge in [-0.3, -0.25) is 4.79 Å². The topological polar surface area (TPSA) is 43.4 Å². The van der Waals surface area contributed by atoms with E-state index in [0.29, 0.717) is 0 Å². The van der Waals surface area contributed by atoms with Gasteiger partial charge in [0.2, 0.25) is 0 Å². The normalized spacial score (nSPS) is 25.5. The van der Waals surface area contributed by atoms with Crippen molar-refractivity contribution in [1.29, 1.82) is 0 Å². The number of hydrogen-bond donors (Lipinski definition) is 0. The highest BCUT2D eigenvalue weighted by molar-refractivity contribution is 5.94. The van der Waals surface area contributed by atoms with Crippen LogP contribution in [0.25, 0.3) is 0 Å². The number of esters is 2. The molecule has 0 N–H and O–H groups in total. The Morgan fingerprint density at radius 1 is 1.57 bits per heavy atom. The fraction of sp³-hybridized carbons (Fsp3) is 0.455. The molecule has 0 bridgehead atoms. The number of ether oxygens (including phenoxy) is 1. The molecule has 3 heteroatoms. The molecule has 0 saturated heterocycles. The molecule has 0 radical (unpaired) electrons. The maximum Gasteiger partial charge on any atom is 0.337 e. The summed E-state index contributed by atoms with van der Waals surface area (Å²) in [6, 6.07) is 0. The first-order valence-electron chi connectivity index (χ1n) is 4.65. The molecule has 1 aliphatic rings. The van der Waals surface area contributed by atoms with Crippen molar-refractivity contribution in [3.63, 3.8) is 0 Å². The first-order valence-corrected chi connectivity index (χ1v) is 4.65. The lowest BCUT2D eigenvalue weighted by Gasteiger charge is -2.25. The fourth-order valence-corrected chi connectivity index (χ4v) is 1.43. The monoisotopic (exact) mass is 194 g/mol. The van der Waals surface area contributed by atoms with Crippen molar-refractivity contribution in [2.24, 2.45) is 5.41 Å². The molecular weight excluding hydrogens is 180 g/mol. The number of allylic oxidation sites excluding steroid dienone is 1. The van der Waals surface area contributed by atoms with Gasteiger partial charge in [-0.25, -0.2) is 4.79 Å². The Morgan fingerprint density at radius 2 is 2.29 bits per heavy atom. The molecule has 14 heavy (non-hydrogen) atoms. The van der Waals surface area contributed by atoms with Crippen LogP contribution in [-0.4, -0.2) is 11.9 Å². The highest BCUT2D eigenvalue weighted by Gasteiger charge is 2.34. The molecule has 1 aliphatic carbocycles. The lowest BCUT2D eigenvalue weighted by Crippen LogP contribution is -2.30. The first kappa shape index (κ1) is 10.7. The van der Waals surface area contributed by atoms with E-state index in [1.807, 2.05) is 12.2 Å². The molecule has 0 amide bonds. The maximum atomic E-state index is 11.5. The number of hydrogen-bond acceptors (Lipinski definition) is 3. The van der Waals surface area contributed by atoms with Gasteiger partial charge in [0.1, 0.15) is 0 Å². The van der Waals surface area contributed by atoms with E-state index in [0.717, 1.165) is 25.3 Å². The SMILES string of the molecule is C=CC(=O)OC(=O)C1(C)C=CCCC1. The lowest BCUT2D eigenvalue weighted by molar-refractivity contribution is -0.162. The molecule has 0 aromatic heterocycles. The van der Waals surface area contributed by atoms with Crippen molar-refractivity contribution < 1.29 is 14.3 Å². The maximum absolute atomic E-state index is 11.5. The van der Waals surface area contributed by atoms with Gasteiger partial charge in [-0.2, -0.15) is 0 Å². The summed E-state index contributed by atoms with van der Waals surface area (Å²) in [5.41, 5.74) is -0.642. The minimum atomic E-state index is -0.685. The predicted molar refractivity (Wildman–Crippen MR) is 52.4 cm³/mol. The van der Waals surface area contributed by atoms with Crippen LogP contribution in [0.5, 0.6) is 0 Å². The third-order valence-corrected chi connectivity index (χ3v) is 2.38. The van der Waals surface area contributed by atoms with Crippen LogP contribution in [0.2, 0.25) is 0 Å². The van der Waals surface area contributed by atoms with Crippen LogP contribution in [0.4, 0.5) is 0 Å². The molecule has 1 rings (SSSR count). The van der Waals surface area contributed by atoms with Crippen LogP contribution in [0, 0.1) is 5.41 Å². The molecule has 0 spiro atoms. The summed E-state index contributed by atoms with van der Waals surface area (Å²) in [5, 5.41) is 0. The molecule has 0 aliphatic heterocycles. The van der Waals surface area contributed by atoms with E-state index in [1.54, 1.807) is 6.92 Å². The second-order valence-corrected chi connectivity index (χ2v) is 3.62. The number of carbonyl (C=O) groups is 2. The Bertz CT molecular complexity index is 291. The number of rotatable bonds is 2. The molecule has 0 aromatic rings. The van der Waals surface area contributed by atoms with E-state index in [-0.39, 0.29) is 0 Å². The van der Waals surface area contributed by atoms with Gasteiger partial charge in [0.25, 0.3) is 0 Å². The molecule has 1 unspecified atom stereocenters. The van der Waals surface area contributed by atoms with Gasteiger partial charge in [0, 0.05) is 6.08 Å². The van der Waals surface area contributed by atoms with Crippen LogP contribution in [0.1, 0.15) is 26.2 Å². The predicted octanol–water partition coefficient (Wildman–Crippen LogP) is 1.99. The van der Waals surface area contributed by atoms with Crippen LogP contribution in [0.15, 0.2) is 24.8 Å². The highest BCUT2D eigenvalue weighted by Crippen LogP contribution is 2.31. The zero-order valence-corrected chi connectivity index (χ0v) is 8.29. The van der Waals surface area contributed by atoms with Gasteiger partial charge in [-0.1, -0.05) is 18.7 Å². The molecule has 3 nitrogen and oxygen atoms in total. The summed E-state index contributed by atoms with van der Waals surface area (Å²) in [5.74, 6) is -1.17. The lowest BCUT2D eigenvalue weighted by atomic mass is 9.81. The van der Waals surface area contributed by atoms with Crippen molar-refractivity contribution in [1.82, 2.24) is 0 Å². The van der Waals surface area contributed by atoms with Gasteiger partial charge < -0.3 is 4.74 Å². The molecular formula is C11H14O3. The van der Waals surface area contributed by atoms with Gasteiger partial charge >= 0.3 is 11.9 Å². The van der Waals surface area contributed by atoms with Crippen molar-refractivity contribution in [2.75, 3.05) is 0 Å². The molecule has 0 aromatic carbocycles. The third kappa shape index (κ3) is 2.31. The van der Waals surface area contributed by atoms with Gasteiger partial charge in [0.15, 0.2) is 0 Å². The van der Waals surface area contributed by atoms with Gasteiger partial charge in [-0.05, 0) is 26.2 Å². The summed E-state index contributed by atoms with van der Waals surface area (Å²) in [6.07, 6.45) is 7.42. The minimum Gasteiger partial charge on any atom is -0.389 e. The van der Waals surface area contributed by atoms with E-state index >= 15 is 0 Å². The highest BCUT2D eigenvalue weighted by atomic mass is 16.6. The largest absolute Gasteiger partial charge is 0.389 e. The Balaban J connectivity index is 2.67. The quantitative estimate of drug-likeness (QED) is 0.292. The Labute approximate surface area is 83.4 Å². The van der Waals surface area contributed by atoms with Crippen molar-refractivity contribution in [2.45, 2.75) is 26.2 Å². The van der Waals surface area contributed by atoms with Crippen LogP contribution in [-0.2, 0) is 14.3 Å². The van der Waals surface area contributed by atoms with Crippen molar-refractivity contribution in [3.8, 4) is 0 Å². The van der Waals surface area contributed by atoms with Gasteiger partial charge in [-0.15, -0.1) is 0 Å². The second-order valence-electron chi connectivity index (χ2n) is 3.62. The van der Waals surface area contributed by atoms with Crippen LogP contribution < -0.4 is 0 Å². The van der Waals surface area contributed by atoms with Crippen LogP contribution >= 0.6 is 0 Å². The fourth-order valence-electron chi connectivity index (χ4n) is 1.43. The average molecular weight is 194 g/mol. The minimum absolute atomic E-state index is 0.488. The van der Waals surface area contributed by atoms with E-state index in [9.17, 15) is 9.59 Å². The Hall–Kier alpha value is -1.38. The zero-order valence-electron chi connectivity index (χ0n) is 8.29. The second kappa shape index (κ2) is 4.22. The molecule has 76 valence electrons. The Kier molecular flexibility index (Phi) is 3.23. The summed E-state index contributed by atoms with van der Waals surface area (Å²) >= 11 is 0. The summed E-state index contributed by atoms with van der Waals surface area (Å²) < 4.78 is 4.59. The summed E-state index contributed by atoms with van der Waals surface area (Å²) in [4.78, 5) is 22.4. The smallest absolute Gasteiger partial charge is 0.337 e. The van der Waals surface area contributed by atoms with Gasteiger partial charge in [0.05, 0.1) is 5.41 Å².